The van der Waals surface area contributed by atoms with Crippen LogP contribution in [0.5, 0.6) is 5.75 Å². The van der Waals surface area contributed by atoms with Crippen LogP contribution in [0.25, 0.3) is 0 Å². The van der Waals surface area contributed by atoms with Crippen LogP contribution in [0.4, 0.5) is 0 Å². The molecule has 1 heterocycles. The fraction of sp³-hybridized carbons (Fsp3) is 0.500. The molecule has 6 nitrogen and oxygen atoms in total. The summed E-state index contributed by atoms with van der Waals surface area (Å²) in [6, 6.07) is -0.842. The first kappa shape index (κ1) is 10.5. The van der Waals surface area contributed by atoms with E-state index in [-0.39, 0.29) is 0 Å². The highest BCUT2D eigenvalue weighted by molar-refractivity contribution is 5.72. The SMILES string of the molecule is COc1cnn(CCC(N)C(=O)O)c1. The van der Waals surface area contributed by atoms with Crippen LogP contribution < -0.4 is 10.5 Å². The van der Waals surface area contributed by atoms with Gasteiger partial charge in [-0.3, -0.25) is 9.48 Å². The Morgan fingerprint density at radius 3 is 3.07 bits per heavy atom. The molecular formula is C8H13N3O3. The van der Waals surface area contributed by atoms with E-state index in [0.717, 1.165) is 0 Å². The Balaban J connectivity index is 2.41. The lowest BCUT2D eigenvalue weighted by Crippen LogP contribution is -2.31. The monoisotopic (exact) mass is 199 g/mol. The molecule has 0 aliphatic heterocycles. The third-order valence-electron chi connectivity index (χ3n) is 1.83. The van der Waals surface area contributed by atoms with Gasteiger partial charge in [-0.1, -0.05) is 0 Å². The summed E-state index contributed by atoms with van der Waals surface area (Å²) in [5.74, 6) is -0.349. The van der Waals surface area contributed by atoms with Crippen molar-refractivity contribution in [3.63, 3.8) is 0 Å². The van der Waals surface area contributed by atoms with E-state index in [9.17, 15) is 4.79 Å². The molecule has 0 spiro atoms. The molecule has 1 aromatic rings. The second-order valence-corrected chi connectivity index (χ2v) is 2.88. The normalized spacial score (nSPS) is 12.4. The molecular weight excluding hydrogens is 186 g/mol. The average Bonchev–Trinajstić information content (AvgIpc) is 2.61. The molecule has 78 valence electrons. The number of aromatic nitrogens is 2. The van der Waals surface area contributed by atoms with Crippen molar-refractivity contribution < 1.29 is 14.6 Å². The number of carboxylic acids is 1. The van der Waals surface area contributed by atoms with Crippen LogP contribution in [0.3, 0.4) is 0 Å². The van der Waals surface area contributed by atoms with Gasteiger partial charge in [-0.25, -0.2) is 0 Å². The van der Waals surface area contributed by atoms with E-state index in [0.29, 0.717) is 18.7 Å². The number of aryl methyl sites for hydroxylation is 1. The number of carboxylic acid groups (broad SMARTS) is 1. The maximum absolute atomic E-state index is 10.4. The number of nitrogens with zero attached hydrogens (tertiary/aromatic N) is 2. The molecule has 1 atom stereocenters. The van der Waals surface area contributed by atoms with Crippen LogP contribution in [0, 0.1) is 0 Å². The highest BCUT2D eigenvalue weighted by Gasteiger charge is 2.11. The molecule has 0 saturated carbocycles. The summed E-state index contributed by atoms with van der Waals surface area (Å²) in [6.45, 7) is 0.469. The van der Waals surface area contributed by atoms with Gasteiger partial charge in [-0.15, -0.1) is 0 Å². The zero-order valence-electron chi connectivity index (χ0n) is 7.88. The maximum Gasteiger partial charge on any atom is 0.320 e. The first-order chi connectivity index (χ1) is 6.63. The van der Waals surface area contributed by atoms with E-state index >= 15 is 0 Å². The Kier molecular flexibility index (Phi) is 3.47. The molecule has 0 aliphatic carbocycles. The van der Waals surface area contributed by atoms with Gasteiger partial charge in [0.15, 0.2) is 5.75 Å². The summed E-state index contributed by atoms with van der Waals surface area (Å²) < 4.78 is 6.52. The Morgan fingerprint density at radius 1 is 1.86 bits per heavy atom. The van der Waals surface area contributed by atoms with Crippen LogP contribution >= 0.6 is 0 Å². The van der Waals surface area contributed by atoms with Gasteiger partial charge in [-0.05, 0) is 6.42 Å². The van der Waals surface area contributed by atoms with Crippen molar-refractivity contribution >= 4 is 5.97 Å². The van der Waals surface area contributed by atoms with Gasteiger partial charge in [0.05, 0.1) is 19.5 Å². The fourth-order valence-electron chi connectivity index (χ4n) is 0.967. The molecule has 0 saturated heterocycles. The number of methoxy groups -OCH3 is 1. The smallest absolute Gasteiger partial charge is 0.320 e. The number of ether oxygens (including phenoxy) is 1. The summed E-state index contributed by atoms with van der Waals surface area (Å²) >= 11 is 0. The molecule has 1 unspecified atom stereocenters. The Bertz CT molecular complexity index is 311. The van der Waals surface area contributed by atoms with E-state index in [4.69, 9.17) is 15.6 Å². The Morgan fingerprint density at radius 2 is 2.57 bits per heavy atom. The van der Waals surface area contributed by atoms with Crippen molar-refractivity contribution in [2.45, 2.75) is 19.0 Å². The lowest BCUT2D eigenvalue weighted by Gasteiger charge is -2.05. The van der Waals surface area contributed by atoms with Crippen LogP contribution in [0.2, 0.25) is 0 Å². The van der Waals surface area contributed by atoms with Crippen molar-refractivity contribution in [1.29, 1.82) is 0 Å². The number of hydrogen-bond donors (Lipinski definition) is 2. The van der Waals surface area contributed by atoms with Gasteiger partial charge in [-0.2, -0.15) is 5.10 Å². The van der Waals surface area contributed by atoms with E-state index < -0.39 is 12.0 Å². The van der Waals surface area contributed by atoms with Gasteiger partial charge in [0.1, 0.15) is 6.04 Å². The largest absolute Gasteiger partial charge is 0.493 e. The van der Waals surface area contributed by atoms with Crippen LogP contribution in [-0.2, 0) is 11.3 Å². The van der Waals surface area contributed by atoms with Crippen LogP contribution in [0.1, 0.15) is 6.42 Å². The third-order valence-corrected chi connectivity index (χ3v) is 1.83. The van der Waals surface area contributed by atoms with Crippen molar-refractivity contribution in [3.05, 3.63) is 12.4 Å². The summed E-state index contributed by atoms with van der Waals surface area (Å²) in [4.78, 5) is 10.4. The van der Waals surface area contributed by atoms with Crippen molar-refractivity contribution in [1.82, 2.24) is 9.78 Å². The zero-order chi connectivity index (χ0) is 10.6. The number of aliphatic carboxylic acids is 1. The number of carbonyl (C=O) groups is 1. The predicted molar refractivity (Wildman–Crippen MR) is 49.0 cm³/mol. The molecule has 3 N–H and O–H groups in total. The molecule has 14 heavy (non-hydrogen) atoms. The lowest BCUT2D eigenvalue weighted by atomic mass is 10.2. The third kappa shape index (κ3) is 2.74. The van der Waals surface area contributed by atoms with Gasteiger partial charge >= 0.3 is 5.97 Å². The maximum atomic E-state index is 10.4. The minimum atomic E-state index is -0.996. The number of rotatable bonds is 5. The highest BCUT2D eigenvalue weighted by Crippen LogP contribution is 2.07. The van der Waals surface area contributed by atoms with Gasteiger partial charge in [0.25, 0.3) is 0 Å². The highest BCUT2D eigenvalue weighted by atomic mass is 16.5. The van der Waals surface area contributed by atoms with E-state index in [1.165, 1.54) is 0 Å². The molecule has 1 rings (SSSR count). The average molecular weight is 199 g/mol. The Hall–Kier alpha value is -1.56. The Labute approximate surface area is 81.3 Å². The zero-order valence-corrected chi connectivity index (χ0v) is 7.88. The van der Waals surface area contributed by atoms with Gasteiger partial charge in [0, 0.05) is 6.54 Å². The van der Waals surface area contributed by atoms with Crippen molar-refractivity contribution in [2.75, 3.05) is 7.11 Å². The summed E-state index contributed by atoms with van der Waals surface area (Å²) in [7, 11) is 1.55. The van der Waals surface area contributed by atoms with Crippen LogP contribution in [-0.4, -0.2) is 34.0 Å². The number of nitrogens with two attached hydrogens (primary N) is 1. The minimum absolute atomic E-state index is 0.347. The minimum Gasteiger partial charge on any atom is -0.493 e. The lowest BCUT2D eigenvalue weighted by molar-refractivity contribution is -0.138. The summed E-state index contributed by atoms with van der Waals surface area (Å²) in [5, 5.41) is 12.5. The molecule has 0 aliphatic rings. The fourth-order valence-corrected chi connectivity index (χ4v) is 0.967. The predicted octanol–water partition coefficient (Wildman–Crippen LogP) is -0.306. The molecule has 0 fully saturated rings. The molecule has 0 bridgehead atoms. The standard InChI is InChI=1S/C8H13N3O3/c1-14-6-4-10-11(5-6)3-2-7(9)8(12)13/h4-5,7H,2-3,9H2,1H3,(H,12,13). The topological polar surface area (TPSA) is 90.4 Å². The quantitative estimate of drug-likeness (QED) is 0.679. The molecule has 1 aromatic heterocycles. The number of hydrogen-bond acceptors (Lipinski definition) is 4. The van der Waals surface area contributed by atoms with Crippen molar-refractivity contribution in [3.8, 4) is 5.75 Å². The van der Waals surface area contributed by atoms with Crippen LogP contribution in [0.15, 0.2) is 12.4 Å². The first-order valence-electron chi connectivity index (χ1n) is 4.18. The second kappa shape index (κ2) is 4.61. The first-order valence-corrected chi connectivity index (χ1v) is 4.18. The van der Waals surface area contributed by atoms with E-state index in [1.807, 2.05) is 0 Å². The van der Waals surface area contributed by atoms with E-state index in [2.05, 4.69) is 5.10 Å². The van der Waals surface area contributed by atoms with E-state index in [1.54, 1.807) is 24.2 Å². The van der Waals surface area contributed by atoms with Crippen molar-refractivity contribution in [2.24, 2.45) is 5.73 Å². The molecule has 0 amide bonds. The summed E-state index contributed by atoms with van der Waals surface area (Å²) in [6.07, 6.45) is 3.60. The summed E-state index contributed by atoms with van der Waals surface area (Å²) in [5.41, 5.74) is 5.33. The van der Waals surface area contributed by atoms with Gasteiger partial charge in [0.2, 0.25) is 0 Å². The molecule has 0 radical (unpaired) electrons. The second-order valence-electron chi connectivity index (χ2n) is 2.88. The molecule has 0 aromatic carbocycles. The molecule has 6 heteroatoms. The van der Waals surface area contributed by atoms with Gasteiger partial charge < -0.3 is 15.6 Å².